The quantitative estimate of drug-likeness (QED) is 0.523. The molecule has 5 nitrogen and oxygen atoms in total. The van der Waals surface area contributed by atoms with E-state index in [0.29, 0.717) is 36.0 Å². The number of anilines is 1. The van der Waals surface area contributed by atoms with E-state index in [1.165, 1.54) is 11.1 Å². The third kappa shape index (κ3) is 5.66. The molecule has 0 bridgehead atoms. The zero-order chi connectivity index (χ0) is 24.1. The van der Waals surface area contributed by atoms with Crippen molar-refractivity contribution in [2.45, 2.75) is 38.5 Å². The van der Waals surface area contributed by atoms with Gasteiger partial charge >= 0.3 is 0 Å². The number of hydrogen-bond donors (Lipinski definition) is 1. The Morgan fingerprint density at radius 2 is 1.62 bits per heavy atom. The smallest absolute Gasteiger partial charge is 0.262 e. The number of nitrogens with one attached hydrogen (secondary N) is 1. The van der Waals surface area contributed by atoms with E-state index in [4.69, 9.17) is 4.74 Å². The fourth-order valence-corrected chi connectivity index (χ4v) is 4.28. The second-order valence-electron chi connectivity index (χ2n) is 9.80. The Hall–Kier alpha value is -3.60. The second-order valence-corrected chi connectivity index (χ2v) is 9.80. The molecule has 176 valence electrons. The summed E-state index contributed by atoms with van der Waals surface area (Å²) < 4.78 is 5.66. The van der Waals surface area contributed by atoms with Crippen LogP contribution in [0.2, 0.25) is 0 Å². The molecule has 1 saturated heterocycles. The van der Waals surface area contributed by atoms with Crippen LogP contribution in [0.4, 0.5) is 5.69 Å². The third-order valence-electron chi connectivity index (χ3n) is 6.27. The second kappa shape index (κ2) is 10.1. The van der Waals surface area contributed by atoms with E-state index in [9.17, 15) is 9.59 Å². The van der Waals surface area contributed by atoms with E-state index < -0.39 is 0 Å². The largest absolute Gasteiger partial charge is 0.484 e. The van der Waals surface area contributed by atoms with Crippen LogP contribution in [0.1, 0.15) is 54.6 Å². The lowest BCUT2D eigenvalue weighted by atomic mass is 9.87. The number of hydrogen-bond acceptors (Lipinski definition) is 3. The molecular formula is C29H32N2O3. The van der Waals surface area contributed by atoms with Crippen molar-refractivity contribution in [2.75, 3.05) is 25.0 Å². The van der Waals surface area contributed by atoms with Gasteiger partial charge in [0.05, 0.1) is 11.3 Å². The first-order valence-electron chi connectivity index (χ1n) is 11.8. The molecule has 1 unspecified atom stereocenters. The topological polar surface area (TPSA) is 58.6 Å². The van der Waals surface area contributed by atoms with E-state index in [1.54, 1.807) is 12.1 Å². The van der Waals surface area contributed by atoms with Crippen molar-refractivity contribution >= 4 is 17.5 Å². The number of para-hydroxylation sites is 1. The number of carbonyl (C=O) groups is 2. The van der Waals surface area contributed by atoms with Gasteiger partial charge in [-0.25, -0.2) is 0 Å². The van der Waals surface area contributed by atoms with Crippen LogP contribution in [0, 0.1) is 0 Å². The van der Waals surface area contributed by atoms with E-state index in [1.807, 2.05) is 59.5 Å². The lowest BCUT2D eigenvalue weighted by molar-refractivity contribution is -0.118. The van der Waals surface area contributed by atoms with Crippen LogP contribution in [0.5, 0.6) is 5.75 Å². The molecule has 3 aromatic carbocycles. The van der Waals surface area contributed by atoms with Gasteiger partial charge in [0.15, 0.2) is 6.61 Å². The lowest BCUT2D eigenvalue weighted by Gasteiger charge is -2.19. The third-order valence-corrected chi connectivity index (χ3v) is 6.27. The number of nitrogens with zero attached hydrogens (tertiary/aromatic N) is 1. The van der Waals surface area contributed by atoms with Crippen molar-refractivity contribution in [1.82, 2.24) is 4.90 Å². The molecule has 1 aliphatic rings. The highest BCUT2D eigenvalue weighted by Crippen LogP contribution is 2.29. The number of rotatable bonds is 6. The minimum atomic E-state index is -0.302. The Bertz CT molecular complexity index is 1130. The maximum Gasteiger partial charge on any atom is 0.262 e. The fraction of sp³-hybridized carbons (Fsp3) is 0.310. The standard InChI is InChI=1S/C29H32N2O3/c1-29(2,3)23-13-15-24(16-14-23)34-20-27(32)30-26-12-8-7-11-25(26)28(33)31-18-17-22(19-31)21-9-5-4-6-10-21/h4-16,22H,17-20H2,1-3H3,(H,30,32). The summed E-state index contributed by atoms with van der Waals surface area (Å²) in [4.78, 5) is 27.7. The summed E-state index contributed by atoms with van der Waals surface area (Å²) in [6.07, 6.45) is 0.937. The van der Waals surface area contributed by atoms with Crippen LogP contribution in [-0.4, -0.2) is 36.4 Å². The summed E-state index contributed by atoms with van der Waals surface area (Å²) in [6, 6.07) is 25.2. The van der Waals surface area contributed by atoms with Crippen molar-refractivity contribution < 1.29 is 14.3 Å². The molecule has 4 rings (SSSR count). The number of benzene rings is 3. The number of amides is 2. The minimum absolute atomic E-state index is 0.0581. The summed E-state index contributed by atoms with van der Waals surface area (Å²) in [7, 11) is 0. The predicted molar refractivity (Wildman–Crippen MR) is 135 cm³/mol. The maximum absolute atomic E-state index is 13.3. The number of carbonyl (C=O) groups excluding carboxylic acids is 2. The van der Waals surface area contributed by atoms with Crippen molar-refractivity contribution in [3.8, 4) is 5.75 Å². The molecule has 5 heteroatoms. The Morgan fingerprint density at radius 3 is 2.32 bits per heavy atom. The number of likely N-dealkylation sites (tertiary alicyclic amines) is 1. The molecule has 3 aromatic rings. The van der Waals surface area contributed by atoms with Crippen LogP contribution >= 0.6 is 0 Å². The molecule has 1 fully saturated rings. The Kier molecular flexibility index (Phi) is 7.01. The molecule has 0 aliphatic carbocycles. The molecule has 0 saturated carbocycles. The Labute approximate surface area is 201 Å². The molecule has 2 amide bonds. The van der Waals surface area contributed by atoms with Gasteiger partial charge in [0, 0.05) is 19.0 Å². The number of ether oxygens (including phenoxy) is 1. The predicted octanol–water partition coefficient (Wildman–Crippen LogP) is 5.63. The minimum Gasteiger partial charge on any atom is -0.484 e. The van der Waals surface area contributed by atoms with Gasteiger partial charge in [0.1, 0.15) is 5.75 Å². The average molecular weight is 457 g/mol. The maximum atomic E-state index is 13.3. The summed E-state index contributed by atoms with van der Waals surface area (Å²) in [5.41, 5.74) is 3.52. The molecule has 34 heavy (non-hydrogen) atoms. The van der Waals surface area contributed by atoms with Crippen molar-refractivity contribution in [2.24, 2.45) is 0 Å². The van der Waals surface area contributed by atoms with Crippen LogP contribution in [0.25, 0.3) is 0 Å². The van der Waals surface area contributed by atoms with Crippen LogP contribution in [0.15, 0.2) is 78.9 Å². The highest BCUT2D eigenvalue weighted by Gasteiger charge is 2.29. The van der Waals surface area contributed by atoms with Gasteiger partial charge in [-0.05, 0) is 47.2 Å². The van der Waals surface area contributed by atoms with Crippen molar-refractivity contribution in [1.29, 1.82) is 0 Å². The SMILES string of the molecule is CC(C)(C)c1ccc(OCC(=O)Nc2ccccc2C(=O)N2CCC(c3ccccc3)C2)cc1. The molecular weight excluding hydrogens is 424 g/mol. The monoisotopic (exact) mass is 456 g/mol. The first kappa shape index (κ1) is 23.6. The summed E-state index contributed by atoms with van der Waals surface area (Å²) >= 11 is 0. The molecule has 1 N–H and O–H groups in total. The van der Waals surface area contributed by atoms with Crippen LogP contribution in [0.3, 0.4) is 0 Å². The Morgan fingerprint density at radius 1 is 0.941 bits per heavy atom. The lowest BCUT2D eigenvalue weighted by Crippen LogP contribution is -2.30. The molecule has 1 heterocycles. The summed E-state index contributed by atoms with van der Waals surface area (Å²) in [5, 5.41) is 2.85. The van der Waals surface area contributed by atoms with Gasteiger partial charge < -0.3 is 15.0 Å². The van der Waals surface area contributed by atoms with E-state index in [2.05, 4.69) is 38.2 Å². The van der Waals surface area contributed by atoms with Gasteiger partial charge in [-0.2, -0.15) is 0 Å². The van der Waals surface area contributed by atoms with Gasteiger partial charge in [-0.15, -0.1) is 0 Å². The van der Waals surface area contributed by atoms with E-state index in [-0.39, 0.29) is 23.8 Å². The van der Waals surface area contributed by atoms with Crippen LogP contribution in [-0.2, 0) is 10.2 Å². The molecule has 0 radical (unpaired) electrons. The van der Waals surface area contributed by atoms with E-state index in [0.717, 1.165) is 6.42 Å². The van der Waals surface area contributed by atoms with Crippen molar-refractivity contribution in [3.63, 3.8) is 0 Å². The summed E-state index contributed by atoms with van der Waals surface area (Å²) in [5.74, 6) is 0.609. The van der Waals surface area contributed by atoms with Gasteiger partial charge in [0.2, 0.25) is 0 Å². The van der Waals surface area contributed by atoms with Gasteiger partial charge in [-0.1, -0.05) is 75.4 Å². The first-order chi connectivity index (χ1) is 16.3. The highest BCUT2D eigenvalue weighted by atomic mass is 16.5. The highest BCUT2D eigenvalue weighted by molar-refractivity contribution is 6.04. The summed E-state index contributed by atoms with van der Waals surface area (Å²) in [6.45, 7) is 7.71. The molecule has 0 aromatic heterocycles. The van der Waals surface area contributed by atoms with Gasteiger partial charge in [-0.3, -0.25) is 9.59 Å². The molecule has 1 aliphatic heterocycles. The zero-order valence-corrected chi connectivity index (χ0v) is 20.1. The van der Waals surface area contributed by atoms with Crippen molar-refractivity contribution in [3.05, 3.63) is 95.6 Å². The molecule has 0 spiro atoms. The fourth-order valence-electron chi connectivity index (χ4n) is 4.28. The average Bonchev–Trinajstić information content (AvgIpc) is 3.33. The van der Waals surface area contributed by atoms with E-state index >= 15 is 0 Å². The Balaban J connectivity index is 1.36. The normalized spacial score (nSPS) is 15.7. The van der Waals surface area contributed by atoms with Crippen LogP contribution < -0.4 is 10.1 Å². The van der Waals surface area contributed by atoms with Gasteiger partial charge in [0.25, 0.3) is 11.8 Å². The zero-order valence-electron chi connectivity index (χ0n) is 20.1. The first-order valence-corrected chi connectivity index (χ1v) is 11.8. The molecule has 1 atom stereocenters.